The Morgan fingerprint density at radius 2 is 1.45 bits per heavy atom. The van der Waals surface area contributed by atoms with E-state index in [9.17, 15) is 13.6 Å². The molecule has 2 aromatic heterocycles. The molecule has 0 atom stereocenters. The van der Waals surface area contributed by atoms with Gasteiger partial charge in [-0.1, -0.05) is 45.5 Å². The molecule has 0 saturated carbocycles. The molecule has 4 nitrogen and oxygen atoms in total. The van der Waals surface area contributed by atoms with Crippen LogP contribution in [0.5, 0.6) is 0 Å². The van der Waals surface area contributed by atoms with E-state index >= 15 is 0 Å². The molecule has 0 N–H and O–H groups in total. The maximum atomic E-state index is 13.5. The fourth-order valence-corrected chi connectivity index (χ4v) is 3.31. The molecule has 0 saturated heterocycles. The van der Waals surface area contributed by atoms with Gasteiger partial charge in [0.2, 0.25) is 0 Å². The average molecular weight is 395 g/mol. The Morgan fingerprint density at radius 1 is 0.897 bits per heavy atom. The van der Waals surface area contributed by atoms with Gasteiger partial charge in [0.15, 0.2) is 5.65 Å². The van der Waals surface area contributed by atoms with E-state index in [0.29, 0.717) is 17.8 Å². The lowest BCUT2D eigenvalue weighted by molar-refractivity contribution is 0.471. The normalized spacial score (nSPS) is 11.1. The molecular weight excluding hydrogens is 372 g/mol. The molecule has 0 fully saturated rings. The molecule has 6 heteroatoms. The number of hydrogen-bond acceptors (Lipinski definition) is 2. The van der Waals surface area contributed by atoms with Gasteiger partial charge in [0.05, 0.1) is 0 Å². The number of fused-ring (bicyclic) bond motifs is 1. The SMILES string of the molecule is C.CC(C)Cn1nc2c(-c3ccc(F)cc3)c(-c3ccc(F)cc3)ccn2c1=O. The van der Waals surface area contributed by atoms with Crippen LogP contribution in [0.3, 0.4) is 0 Å². The van der Waals surface area contributed by atoms with Crippen molar-refractivity contribution in [1.82, 2.24) is 14.2 Å². The topological polar surface area (TPSA) is 39.3 Å². The minimum atomic E-state index is -0.346. The van der Waals surface area contributed by atoms with E-state index in [1.54, 1.807) is 30.5 Å². The summed E-state index contributed by atoms with van der Waals surface area (Å²) in [6, 6.07) is 14.0. The molecule has 0 unspecified atom stereocenters. The van der Waals surface area contributed by atoms with Gasteiger partial charge in [-0.05, 0) is 52.9 Å². The van der Waals surface area contributed by atoms with Crippen LogP contribution >= 0.6 is 0 Å². The van der Waals surface area contributed by atoms with Crippen LogP contribution in [0.25, 0.3) is 27.9 Å². The summed E-state index contributed by atoms with van der Waals surface area (Å²) in [5, 5.41) is 4.55. The summed E-state index contributed by atoms with van der Waals surface area (Å²) in [5.74, 6) is -0.416. The highest BCUT2D eigenvalue weighted by Crippen LogP contribution is 2.34. The van der Waals surface area contributed by atoms with Gasteiger partial charge in [0.25, 0.3) is 0 Å². The largest absolute Gasteiger partial charge is 0.350 e. The lowest BCUT2D eigenvalue weighted by atomic mass is 9.96. The quantitative estimate of drug-likeness (QED) is 0.464. The van der Waals surface area contributed by atoms with E-state index in [2.05, 4.69) is 5.10 Å². The van der Waals surface area contributed by atoms with Crippen molar-refractivity contribution in [1.29, 1.82) is 0 Å². The Hall–Kier alpha value is -3.28. The van der Waals surface area contributed by atoms with E-state index in [1.165, 1.54) is 33.3 Å². The van der Waals surface area contributed by atoms with Gasteiger partial charge in [-0.3, -0.25) is 0 Å². The van der Waals surface area contributed by atoms with Crippen molar-refractivity contribution in [3.05, 3.63) is 82.9 Å². The summed E-state index contributed by atoms with van der Waals surface area (Å²) in [4.78, 5) is 12.7. The fourth-order valence-electron chi connectivity index (χ4n) is 3.31. The molecule has 2 aromatic carbocycles. The first-order valence-electron chi connectivity index (χ1n) is 9.08. The van der Waals surface area contributed by atoms with Crippen LogP contribution in [0.15, 0.2) is 65.6 Å². The number of rotatable bonds is 4. The van der Waals surface area contributed by atoms with Crippen LogP contribution in [0.4, 0.5) is 8.78 Å². The Balaban J connectivity index is 0.00000240. The molecular formula is C23H23F2N3O. The van der Waals surface area contributed by atoms with Crippen LogP contribution < -0.4 is 5.69 Å². The summed E-state index contributed by atoms with van der Waals surface area (Å²) < 4.78 is 29.8. The van der Waals surface area contributed by atoms with Gasteiger partial charge in [0.1, 0.15) is 11.6 Å². The summed E-state index contributed by atoms with van der Waals surface area (Å²) in [5.41, 5.74) is 3.27. The second kappa shape index (κ2) is 7.99. The van der Waals surface area contributed by atoms with E-state index in [-0.39, 0.29) is 30.7 Å². The molecule has 4 rings (SSSR count). The van der Waals surface area contributed by atoms with Crippen molar-refractivity contribution in [2.24, 2.45) is 5.92 Å². The standard InChI is InChI=1S/C22H19F2N3O.CH4/c1-14(2)13-27-22(28)26-12-11-19(15-3-7-17(23)8-4-15)20(21(26)25-27)16-5-9-18(24)10-6-16;/h3-12,14H,13H2,1-2H3;1H4. The molecule has 0 spiro atoms. The molecule has 0 radical (unpaired) electrons. The lowest BCUT2D eigenvalue weighted by Crippen LogP contribution is -2.23. The van der Waals surface area contributed by atoms with Crippen LogP contribution in [0, 0.1) is 17.6 Å². The zero-order valence-electron chi connectivity index (χ0n) is 15.6. The van der Waals surface area contributed by atoms with E-state index in [4.69, 9.17) is 0 Å². The van der Waals surface area contributed by atoms with Gasteiger partial charge in [-0.2, -0.15) is 0 Å². The van der Waals surface area contributed by atoms with Crippen molar-refractivity contribution < 1.29 is 8.78 Å². The minimum absolute atomic E-state index is 0. The lowest BCUT2D eigenvalue weighted by Gasteiger charge is -2.11. The third-order valence-corrected chi connectivity index (χ3v) is 4.58. The predicted octanol–water partition coefficient (Wildman–Crippen LogP) is 5.40. The van der Waals surface area contributed by atoms with Crippen LogP contribution in [0.1, 0.15) is 21.3 Å². The molecule has 0 aliphatic heterocycles. The van der Waals surface area contributed by atoms with Crippen LogP contribution in [-0.4, -0.2) is 14.2 Å². The van der Waals surface area contributed by atoms with E-state index in [1.807, 2.05) is 19.9 Å². The number of pyridine rings is 1. The van der Waals surface area contributed by atoms with Gasteiger partial charge in [-0.25, -0.2) is 22.7 Å². The summed E-state index contributed by atoms with van der Waals surface area (Å²) >= 11 is 0. The van der Waals surface area contributed by atoms with Crippen molar-refractivity contribution in [2.45, 2.75) is 27.8 Å². The number of benzene rings is 2. The van der Waals surface area contributed by atoms with Gasteiger partial charge < -0.3 is 0 Å². The third kappa shape index (κ3) is 3.83. The molecule has 29 heavy (non-hydrogen) atoms. The molecule has 0 aliphatic carbocycles. The highest BCUT2D eigenvalue weighted by Gasteiger charge is 2.18. The number of nitrogens with zero attached hydrogens (tertiary/aromatic N) is 3. The van der Waals surface area contributed by atoms with Gasteiger partial charge in [-0.15, -0.1) is 5.10 Å². The number of halogens is 2. The minimum Gasteiger partial charge on any atom is -0.250 e. The molecule has 0 aliphatic rings. The molecule has 150 valence electrons. The van der Waals surface area contributed by atoms with Crippen LogP contribution in [-0.2, 0) is 6.54 Å². The average Bonchev–Trinajstić information content (AvgIpc) is 2.98. The Morgan fingerprint density at radius 3 is 2.00 bits per heavy atom. The van der Waals surface area contributed by atoms with E-state index in [0.717, 1.165) is 16.7 Å². The van der Waals surface area contributed by atoms with Crippen molar-refractivity contribution in [3.63, 3.8) is 0 Å². The second-order valence-corrected chi connectivity index (χ2v) is 7.17. The van der Waals surface area contributed by atoms with Crippen molar-refractivity contribution in [3.8, 4) is 22.3 Å². The Labute approximate surface area is 168 Å². The molecule has 2 heterocycles. The smallest absolute Gasteiger partial charge is 0.250 e. The number of aromatic nitrogens is 3. The van der Waals surface area contributed by atoms with Crippen molar-refractivity contribution >= 4 is 5.65 Å². The maximum absolute atomic E-state index is 13.5. The molecule has 0 bridgehead atoms. The molecule has 0 amide bonds. The summed E-state index contributed by atoms with van der Waals surface area (Å²) in [7, 11) is 0. The Bertz CT molecular complexity index is 1190. The monoisotopic (exact) mass is 395 g/mol. The Kier molecular flexibility index (Phi) is 5.64. The predicted molar refractivity (Wildman–Crippen MR) is 112 cm³/mol. The fraction of sp³-hybridized carbons (Fsp3) is 0.217. The first-order valence-corrected chi connectivity index (χ1v) is 9.08. The second-order valence-electron chi connectivity index (χ2n) is 7.17. The molecule has 4 aromatic rings. The van der Waals surface area contributed by atoms with Crippen molar-refractivity contribution in [2.75, 3.05) is 0 Å². The highest BCUT2D eigenvalue weighted by atomic mass is 19.1. The summed E-state index contributed by atoms with van der Waals surface area (Å²) in [6.07, 6.45) is 1.67. The zero-order chi connectivity index (χ0) is 19.8. The number of hydrogen-bond donors (Lipinski definition) is 0. The first kappa shape index (κ1) is 20.5. The maximum Gasteiger partial charge on any atom is 0.350 e. The zero-order valence-corrected chi connectivity index (χ0v) is 15.6. The van der Waals surface area contributed by atoms with E-state index < -0.39 is 0 Å². The van der Waals surface area contributed by atoms with Crippen LogP contribution in [0.2, 0.25) is 0 Å². The highest BCUT2D eigenvalue weighted by molar-refractivity contribution is 5.91. The third-order valence-electron chi connectivity index (χ3n) is 4.58. The summed E-state index contributed by atoms with van der Waals surface area (Å²) in [6.45, 7) is 4.53. The van der Waals surface area contributed by atoms with Gasteiger partial charge >= 0.3 is 5.69 Å². The van der Waals surface area contributed by atoms with Gasteiger partial charge in [0, 0.05) is 18.3 Å². The first-order chi connectivity index (χ1) is 13.4.